The summed E-state index contributed by atoms with van der Waals surface area (Å²) in [5.41, 5.74) is -3.85. The summed E-state index contributed by atoms with van der Waals surface area (Å²) in [4.78, 5) is 30.2. The second-order valence-electron chi connectivity index (χ2n) is 6.46. The van der Waals surface area contributed by atoms with Crippen LogP contribution in [0.3, 0.4) is 0 Å². The Balaban J connectivity index is 2.12. The van der Waals surface area contributed by atoms with Crippen LogP contribution in [-0.2, 0) is 16.5 Å². The van der Waals surface area contributed by atoms with E-state index < -0.39 is 40.2 Å². The summed E-state index contributed by atoms with van der Waals surface area (Å²) in [5, 5.41) is 13.7. The average molecular weight is 410 g/mol. The summed E-state index contributed by atoms with van der Waals surface area (Å²) in [6.07, 6.45) is -2.32. The molecule has 0 spiro atoms. The normalized spacial score (nSPS) is 13.9. The minimum Gasteiger partial charge on any atom is -0.479 e. The average Bonchev–Trinajstić information content (AvgIpc) is 3.09. The van der Waals surface area contributed by atoms with Gasteiger partial charge < -0.3 is 10.1 Å². The predicted molar refractivity (Wildman–Crippen MR) is 92.6 cm³/mol. The number of carboxylic acids is 1. The van der Waals surface area contributed by atoms with Crippen molar-refractivity contribution in [2.45, 2.75) is 25.6 Å². The van der Waals surface area contributed by atoms with E-state index in [9.17, 15) is 32.3 Å². The fourth-order valence-corrected chi connectivity index (χ4v) is 2.85. The molecule has 7 nitrogen and oxygen atoms in total. The number of halogens is 4. The smallest absolute Gasteiger partial charge is 0.416 e. The molecule has 29 heavy (non-hydrogen) atoms. The number of alkyl halides is 3. The van der Waals surface area contributed by atoms with E-state index in [-0.39, 0.29) is 17.3 Å². The SMILES string of the molecule is Cc1nc(-c2cnn(C(C)(C(=O)O)c3ccc(C(F)(F)F)cc3F)c2)cc(=O)[nH]1. The maximum atomic E-state index is 14.5. The maximum absolute atomic E-state index is 14.5. The molecule has 2 N–H and O–H groups in total. The fraction of sp³-hybridized carbons (Fsp3) is 0.222. The van der Waals surface area contributed by atoms with Gasteiger partial charge in [0.25, 0.3) is 5.56 Å². The number of nitrogens with zero attached hydrogens (tertiary/aromatic N) is 3. The van der Waals surface area contributed by atoms with Crippen LogP contribution in [0, 0.1) is 12.7 Å². The summed E-state index contributed by atoms with van der Waals surface area (Å²) >= 11 is 0. The van der Waals surface area contributed by atoms with E-state index in [0.29, 0.717) is 11.9 Å². The fourth-order valence-electron chi connectivity index (χ4n) is 2.85. The molecule has 0 saturated heterocycles. The number of aromatic amines is 1. The molecule has 0 radical (unpaired) electrons. The molecule has 1 aromatic carbocycles. The van der Waals surface area contributed by atoms with E-state index in [4.69, 9.17) is 0 Å². The molecule has 2 heterocycles. The Morgan fingerprint density at radius 2 is 1.93 bits per heavy atom. The van der Waals surface area contributed by atoms with E-state index in [1.807, 2.05) is 0 Å². The Hall–Kier alpha value is -3.50. The number of aryl methyl sites for hydroxylation is 1. The topological polar surface area (TPSA) is 101 Å². The molecular weight excluding hydrogens is 396 g/mol. The van der Waals surface area contributed by atoms with Crippen LogP contribution < -0.4 is 5.56 Å². The van der Waals surface area contributed by atoms with E-state index in [2.05, 4.69) is 15.1 Å². The second-order valence-corrected chi connectivity index (χ2v) is 6.46. The minimum atomic E-state index is -4.78. The molecule has 11 heteroatoms. The van der Waals surface area contributed by atoms with Gasteiger partial charge in [0, 0.05) is 23.4 Å². The molecule has 2 aromatic heterocycles. The molecular formula is C18H14F4N4O3. The standard InChI is InChI=1S/C18H14F4N4O3/c1-9-24-14(6-15(27)25-9)10-7-23-26(8-10)17(2,16(28)29)12-4-3-11(5-13(12)19)18(20,21)22/h3-8H,1-2H3,(H,28,29)(H,24,25,27). The van der Waals surface area contributed by atoms with Crippen LogP contribution in [0.25, 0.3) is 11.3 Å². The first kappa shape index (κ1) is 20.2. The molecule has 1 atom stereocenters. The Bertz CT molecular complexity index is 1150. The lowest BCUT2D eigenvalue weighted by Crippen LogP contribution is -2.41. The molecule has 3 rings (SSSR count). The van der Waals surface area contributed by atoms with Crippen LogP contribution in [0.1, 0.15) is 23.9 Å². The molecule has 0 bridgehead atoms. The van der Waals surface area contributed by atoms with E-state index in [1.54, 1.807) is 6.92 Å². The van der Waals surface area contributed by atoms with Crippen LogP contribution in [0.4, 0.5) is 17.6 Å². The van der Waals surface area contributed by atoms with Crippen molar-refractivity contribution in [3.05, 3.63) is 69.8 Å². The zero-order valence-corrected chi connectivity index (χ0v) is 15.1. The van der Waals surface area contributed by atoms with Crippen LogP contribution in [0.2, 0.25) is 0 Å². The third kappa shape index (κ3) is 3.62. The van der Waals surface area contributed by atoms with Gasteiger partial charge in [0.2, 0.25) is 0 Å². The molecule has 0 aliphatic carbocycles. The first-order chi connectivity index (χ1) is 13.4. The van der Waals surface area contributed by atoms with E-state index >= 15 is 0 Å². The van der Waals surface area contributed by atoms with Gasteiger partial charge >= 0.3 is 12.1 Å². The lowest BCUT2D eigenvalue weighted by Gasteiger charge is -2.26. The van der Waals surface area contributed by atoms with E-state index in [1.165, 1.54) is 18.5 Å². The highest BCUT2D eigenvalue weighted by atomic mass is 19.4. The van der Waals surface area contributed by atoms with Crippen molar-refractivity contribution >= 4 is 5.97 Å². The maximum Gasteiger partial charge on any atom is 0.416 e. The van der Waals surface area contributed by atoms with Crippen molar-refractivity contribution in [1.29, 1.82) is 0 Å². The molecule has 0 amide bonds. The monoisotopic (exact) mass is 410 g/mol. The molecule has 1 unspecified atom stereocenters. The third-order valence-corrected chi connectivity index (χ3v) is 4.43. The zero-order valence-electron chi connectivity index (χ0n) is 15.1. The summed E-state index contributed by atoms with van der Waals surface area (Å²) in [7, 11) is 0. The number of carboxylic acid groups (broad SMARTS) is 1. The lowest BCUT2D eigenvalue weighted by molar-refractivity contribution is -0.145. The van der Waals surface area contributed by atoms with Gasteiger partial charge in [-0.3, -0.25) is 9.48 Å². The largest absolute Gasteiger partial charge is 0.479 e. The van der Waals surface area contributed by atoms with Crippen molar-refractivity contribution in [2.24, 2.45) is 0 Å². The quantitative estimate of drug-likeness (QED) is 0.644. The minimum absolute atomic E-state index is 0.207. The van der Waals surface area contributed by atoms with Gasteiger partial charge in [0.05, 0.1) is 17.5 Å². The number of aliphatic carboxylic acids is 1. The van der Waals surface area contributed by atoms with Crippen LogP contribution in [0.15, 0.2) is 41.5 Å². The van der Waals surface area contributed by atoms with Gasteiger partial charge in [-0.15, -0.1) is 0 Å². The number of hydrogen-bond acceptors (Lipinski definition) is 4. The van der Waals surface area contributed by atoms with Crippen LogP contribution in [0.5, 0.6) is 0 Å². The molecule has 0 aliphatic rings. The van der Waals surface area contributed by atoms with Crippen molar-refractivity contribution in [1.82, 2.24) is 19.7 Å². The molecule has 0 fully saturated rings. The predicted octanol–water partition coefficient (Wildman–Crippen LogP) is 2.95. The van der Waals surface area contributed by atoms with Crippen molar-refractivity contribution in [3.63, 3.8) is 0 Å². The summed E-state index contributed by atoms with van der Waals surface area (Å²) < 4.78 is 53.8. The highest BCUT2D eigenvalue weighted by molar-refractivity contribution is 5.81. The zero-order chi connectivity index (χ0) is 21.6. The van der Waals surface area contributed by atoms with Crippen molar-refractivity contribution in [2.75, 3.05) is 0 Å². The number of carbonyl (C=O) groups is 1. The summed E-state index contributed by atoms with van der Waals surface area (Å²) in [6, 6.07) is 2.78. The van der Waals surface area contributed by atoms with Crippen molar-refractivity contribution in [3.8, 4) is 11.3 Å². The van der Waals surface area contributed by atoms with E-state index in [0.717, 1.165) is 17.7 Å². The molecule has 152 valence electrons. The molecule has 3 aromatic rings. The third-order valence-electron chi connectivity index (χ3n) is 4.43. The first-order valence-corrected chi connectivity index (χ1v) is 8.17. The van der Waals surface area contributed by atoms with Gasteiger partial charge in [-0.05, 0) is 26.0 Å². The van der Waals surface area contributed by atoms with Crippen LogP contribution >= 0.6 is 0 Å². The van der Waals surface area contributed by atoms with Crippen molar-refractivity contribution < 1.29 is 27.5 Å². The Morgan fingerprint density at radius 1 is 1.24 bits per heavy atom. The number of nitrogens with one attached hydrogen (secondary N) is 1. The van der Waals surface area contributed by atoms with Gasteiger partial charge in [0.1, 0.15) is 11.6 Å². The highest BCUT2D eigenvalue weighted by Gasteiger charge is 2.42. The number of hydrogen-bond donors (Lipinski definition) is 2. The Morgan fingerprint density at radius 3 is 2.48 bits per heavy atom. The first-order valence-electron chi connectivity index (χ1n) is 8.17. The second kappa shape index (κ2) is 6.83. The van der Waals surface area contributed by atoms with Crippen LogP contribution in [-0.4, -0.2) is 30.8 Å². The number of rotatable bonds is 4. The van der Waals surface area contributed by atoms with Gasteiger partial charge in [-0.2, -0.15) is 18.3 Å². The van der Waals surface area contributed by atoms with Gasteiger partial charge in [-0.1, -0.05) is 6.07 Å². The van der Waals surface area contributed by atoms with Gasteiger partial charge in [0.15, 0.2) is 5.54 Å². The number of aromatic nitrogens is 4. The molecule has 0 saturated carbocycles. The lowest BCUT2D eigenvalue weighted by atomic mass is 9.90. The highest BCUT2D eigenvalue weighted by Crippen LogP contribution is 2.35. The Labute approximate surface area is 160 Å². The Kier molecular flexibility index (Phi) is 4.77. The summed E-state index contributed by atoms with van der Waals surface area (Å²) in [6.45, 7) is 2.66. The number of H-pyrrole nitrogens is 1. The molecule has 0 aliphatic heterocycles. The summed E-state index contributed by atoms with van der Waals surface area (Å²) in [5.74, 6) is -2.57. The number of benzene rings is 1. The van der Waals surface area contributed by atoms with Gasteiger partial charge in [-0.25, -0.2) is 14.2 Å².